The number of nitrogens with zero attached hydrogens (tertiary/aromatic N) is 2. The van der Waals surface area contributed by atoms with E-state index in [2.05, 4.69) is 10.3 Å². The molecule has 1 aliphatic rings. The lowest BCUT2D eigenvalue weighted by Gasteiger charge is -2.11. The summed E-state index contributed by atoms with van der Waals surface area (Å²) in [7, 11) is 3.25. The van der Waals surface area contributed by atoms with Gasteiger partial charge in [-0.15, -0.1) is 11.3 Å². The Kier molecular flexibility index (Phi) is 5.85. The zero-order valence-corrected chi connectivity index (χ0v) is 18.5. The molecule has 0 fully saturated rings. The lowest BCUT2D eigenvalue weighted by molar-refractivity contribution is -0.113. The molecule has 2 aromatic heterocycles. The minimum Gasteiger partial charge on any atom is -0.495 e. The Morgan fingerprint density at radius 2 is 2.17 bits per heavy atom. The van der Waals surface area contributed by atoms with Crippen molar-refractivity contribution in [3.05, 3.63) is 44.0 Å². The van der Waals surface area contributed by atoms with Crippen LogP contribution in [-0.2, 0) is 24.7 Å². The van der Waals surface area contributed by atoms with Gasteiger partial charge in [-0.05, 0) is 49.4 Å². The number of nitrogens with one attached hydrogen (secondary N) is 1. The largest absolute Gasteiger partial charge is 0.495 e. The van der Waals surface area contributed by atoms with Gasteiger partial charge in [0.25, 0.3) is 5.56 Å². The van der Waals surface area contributed by atoms with Gasteiger partial charge < -0.3 is 10.1 Å². The van der Waals surface area contributed by atoms with Crippen molar-refractivity contribution in [1.82, 2.24) is 9.55 Å². The maximum absolute atomic E-state index is 12.9. The summed E-state index contributed by atoms with van der Waals surface area (Å²) < 4.78 is 6.66. The fourth-order valence-corrected chi connectivity index (χ4v) is 5.80. The third kappa shape index (κ3) is 4.01. The summed E-state index contributed by atoms with van der Waals surface area (Å²) >= 11 is 8.96. The first kappa shape index (κ1) is 20.3. The molecule has 1 aromatic carbocycles. The predicted octanol–water partition coefficient (Wildman–Crippen LogP) is 4.27. The number of hydrogen-bond donors (Lipinski definition) is 1. The number of aryl methyl sites for hydroxylation is 2. The van der Waals surface area contributed by atoms with Crippen LogP contribution in [0.5, 0.6) is 5.75 Å². The number of fused-ring (bicyclic) bond motifs is 3. The quantitative estimate of drug-likeness (QED) is 0.465. The number of aromatic nitrogens is 2. The van der Waals surface area contributed by atoms with E-state index in [1.807, 2.05) is 0 Å². The number of carbonyl (C=O) groups is 1. The first-order chi connectivity index (χ1) is 14.0. The molecule has 0 saturated carbocycles. The monoisotopic (exact) mass is 449 g/mol. The van der Waals surface area contributed by atoms with Gasteiger partial charge in [-0.2, -0.15) is 0 Å². The second kappa shape index (κ2) is 8.38. The van der Waals surface area contributed by atoms with Crippen molar-refractivity contribution < 1.29 is 9.53 Å². The van der Waals surface area contributed by atoms with Crippen molar-refractivity contribution in [1.29, 1.82) is 0 Å². The van der Waals surface area contributed by atoms with Crippen molar-refractivity contribution in [3.63, 3.8) is 0 Å². The topological polar surface area (TPSA) is 73.2 Å². The van der Waals surface area contributed by atoms with E-state index in [0.29, 0.717) is 21.6 Å². The van der Waals surface area contributed by atoms with Crippen molar-refractivity contribution in [2.45, 2.75) is 30.8 Å². The summed E-state index contributed by atoms with van der Waals surface area (Å²) in [5.41, 5.74) is 1.74. The molecule has 3 aromatic rings. The third-order valence-corrected chi connectivity index (χ3v) is 7.43. The third-order valence-electron chi connectivity index (χ3n) is 4.92. The lowest BCUT2D eigenvalue weighted by Crippen LogP contribution is -2.22. The summed E-state index contributed by atoms with van der Waals surface area (Å²) in [4.78, 5) is 32.0. The number of hydrogen-bond acceptors (Lipinski definition) is 6. The normalized spacial score (nSPS) is 13.3. The van der Waals surface area contributed by atoms with Crippen LogP contribution in [0.4, 0.5) is 5.69 Å². The van der Waals surface area contributed by atoms with Gasteiger partial charge in [0, 0.05) is 17.6 Å². The molecule has 0 atom stereocenters. The SMILES string of the molecule is COc1ccc(NC(=O)CSc2nc3sc4c(c3c(=O)n2C)CCCC4)cc1Cl. The molecule has 0 spiro atoms. The molecule has 6 nitrogen and oxygen atoms in total. The highest BCUT2D eigenvalue weighted by atomic mass is 35.5. The molecule has 9 heteroatoms. The molecule has 0 unspecified atom stereocenters. The van der Waals surface area contributed by atoms with Crippen LogP contribution in [0.1, 0.15) is 23.3 Å². The Bertz CT molecular complexity index is 1160. The molecule has 4 rings (SSSR count). The van der Waals surface area contributed by atoms with Gasteiger partial charge in [-0.1, -0.05) is 23.4 Å². The fourth-order valence-electron chi connectivity index (χ4n) is 3.47. The van der Waals surface area contributed by atoms with Crippen LogP contribution >= 0.6 is 34.7 Å². The number of amides is 1. The van der Waals surface area contributed by atoms with Crippen LogP contribution in [0, 0.1) is 0 Å². The van der Waals surface area contributed by atoms with E-state index < -0.39 is 0 Å². The number of halogens is 1. The van der Waals surface area contributed by atoms with E-state index in [1.54, 1.807) is 41.2 Å². The molecular formula is C20H20ClN3O3S2. The molecule has 29 heavy (non-hydrogen) atoms. The Morgan fingerprint density at radius 1 is 1.38 bits per heavy atom. The van der Waals surface area contributed by atoms with Crippen molar-refractivity contribution in [2.24, 2.45) is 7.05 Å². The Hall–Kier alpha value is -2.03. The van der Waals surface area contributed by atoms with Crippen molar-refractivity contribution in [2.75, 3.05) is 18.2 Å². The lowest BCUT2D eigenvalue weighted by atomic mass is 9.97. The van der Waals surface area contributed by atoms with Crippen LogP contribution in [0.3, 0.4) is 0 Å². The average Bonchev–Trinajstić information content (AvgIpc) is 3.08. The summed E-state index contributed by atoms with van der Waals surface area (Å²) in [5.74, 6) is 0.488. The number of rotatable bonds is 5. The fraction of sp³-hybridized carbons (Fsp3) is 0.350. The molecule has 1 aliphatic carbocycles. The molecule has 152 valence electrons. The molecule has 2 heterocycles. The highest BCUT2D eigenvalue weighted by molar-refractivity contribution is 7.99. The van der Waals surface area contributed by atoms with Gasteiger partial charge in [-0.3, -0.25) is 14.2 Å². The van der Waals surface area contributed by atoms with Gasteiger partial charge >= 0.3 is 0 Å². The van der Waals surface area contributed by atoms with Gasteiger partial charge in [0.15, 0.2) is 5.16 Å². The van der Waals surface area contributed by atoms with Crippen LogP contribution in [-0.4, -0.2) is 28.3 Å². The van der Waals surface area contributed by atoms with E-state index in [-0.39, 0.29) is 17.2 Å². The number of ether oxygens (including phenoxy) is 1. The second-order valence-corrected chi connectivity index (χ2v) is 9.27. The van der Waals surface area contributed by atoms with Crippen molar-refractivity contribution in [3.8, 4) is 5.75 Å². The highest BCUT2D eigenvalue weighted by Crippen LogP contribution is 2.34. The number of thiophene rings is 1. The Morgan fingerprint density at radius 3 is 2.93 bits per heavy atom. The zero-order valence-electron chi connectivity index (χ0n) is 16.1. The molecular weight excluding hydrogens is 430 g/mol. The van der Waals surface area contributed by atoms with E-state index in [4.69, 9.17) is 16.3 Å². The first-order valence-electron chi connectivity index (χ1n) is 9.25. The standard InChI is InChI=1S/C20H20ClN3O3S2/c1-24-19(26)17-12-5-3-4-6-15(12)29-18(17)23-20(24)28-10-16(25)22-11-7-8-14(27-2)13(21)9-11/h7-9H,3-6,10H2,1-2H3,(H,22,25). The number of carbonyl (C=O) groups excluding carboxylic acids is 1. The van der Waals surface area contributed by atoms with Crippen LogP contribution in [0.2, 0.25) is 5.02 Å². The molecule has 0 saturated heterocycles. The molecule has 0 bridgehead atoms. The maximum atomic E-state index is 12.9. The first-order valence-corrected chi connectivity index (χ1v) is 11.4. The van der Waals surface area contributed by atoms with Crippen molar-refractivity contribution >= 4 is 56.5 Å². The molecule has 1 amide bonds. The average molecular weight is 450 g/mol. The minimum absolute atomic E-state index is 0.0285. The van der Waals surface area contributed by atoms with Gasteiger partial charge in [0.2, 0.25) is 5.91 Å². The summed E-state index contributed by atoms with van der Waals surface area (Å²) in [6.07, 6.45) is 4.26. The van der Waals surface area contributed by atoms with E-state index in [0.717, 1.165) is 35.9 Å². The predicted molar refractivity (Wildman–Crippen MR) is 119 cm³/mol. The molecule has 1 N–H and O–H groups in total. The molecule has 0 aliphatic heterocycles. The smallest absolute Gasteiger partial charge is 0.262 e. The Balaban J connectivity index is 1.51. The zero-order chi connectivity index (χ0) is 20.5. The van der Waals surface area contributed by atoms with Gasteiger partial charge in [0.05, 0.1) is 23.3 Å². The van der Waals surface area contributed by atoms with E-state index in [1.165, 1.54) is 29.3 Å². The maximum Gasteiger partial charge on any atom is 0.262 e. The van der Waals surface area contributed by atoms with Crippen LogP contribution in [0.25, 0.3) is 10.2 Å². The summed E-state index contributed by atoms with van der Waals surface area (Å²) in [6, 6.07) is 5.06. The van der Waals surface area contributed by atoms with Crippen LogP contribution < -0.4 is 15.6 Å². The summed E-state index contributed by atoms with van der Waals surface area (Å²) in [5, 5.41) is 4.53. The number of methoxy groups -OCH3 is 1. The summed E-state index contributed by atoms with van der Waals surface area (Å²) in [6.45, 7) is 0. The number of anilines is 1. The second-order valence-electron chi connectivity index (χ2n) is 6.84. The van der Waals surface area contributed by atoms with Gasteiger partial charge in [-0.25, -0.2) is 4.98 Å². The van der Waals surface area contributed by atoms with Crippen LogP contribution in [0.15, 0.2) is 28.2 Å². The minimum atomic E-state index is -0.198. The molecule has 0 radical (unpaired) electrons. The Labute approximate surface area is 181 Å². The number of thioether (sulfide) groups is 1. The van der Waals surface area contributed by atoms with E-state index >= 15 is 0 Å². The van der Waals surface area contributed by atoms with Gasteiger partial charge in [0.1, 0.15) is 10.6 Å². The highest BCUT2D eigenvalue weighted by Gasteiger charge is 2.21. The van der Waals surface area contributed by atoms with E-state index in [9.17, 15) is 9.59 Å². The number of benzene rings is 1.